The number of carbonyl (C=O) groups is 1. The molecule has 0 aliphatic rings. The molecule has 0 aromatic carbocycles. The van der Waals surface area contributed by atoms with E-state index >= 15 is 0 Å². The van der Waals surface area contributed by atoms with Crippen LogP contribution in [0, 0.1) is 0 Å². The number of hydrogen-bond acceptors (Lipinski definition) is 3. The zero-order valence-electron chi connectivity index (χ0n) is 9.66. The van der Waals surface area contributed by atoms with Crippen LogP contribution in [0.15, 0.2) is 12.4 Å². The third-order valence-corrected chi connectivity index (χ3v) is 2.08. The van der Waals surface area contributed by atoms with Crippen molar-refractivity contribution in [2.45, 2.75) is 39.8 Å². The highest BCUT2D eigenvalue weighted by Gasteiger charge is 2.08. The van der Waals surface area contributed by atoms with Crippen LogP contribution in [0.1, 0.15) is 37.6 Å². The van der Waals surface area contributed by atoms with Gasteiger partial charge in [0.1, 0.15) is 0 Å². The minimum atomic E-state index is 0.103. The second kappa shape index (κ2) is 5.66. The SMILES string of the molecule is CCCn1cc(C(=O)CNC(C)C)cn1. The molecule has 1 N–H and O–H groups in total. The first-order chi connectivity index (χ1) is 7.13. The standard InChI is InChI=1S/C11H19N3O/c1-4-5-14-8-10(6-13-14)11(15)7-12-9(2)3/h6,8-9,12H,4-5,7H2,1-3H3. The van der Waals surface area contributed by atoms with Gasteiger partial charge in [-0.1, -0.05) is 20.8 Å². The van der Waals surface area contributed by atoms with Gasteiger partial charge in [0.25, 0.3) is 0 Å². The minimum absolute atomic E-state index is 0.103. The smallest absolute Gasteiger partial charge is 0.179 e. The molecule has 0 aliphatic heterocycles. The number of aryl methyl sites for hydroxylation is 1. The zero-order valence-corrected chi connectivity index (χ0v) is 9.66. The summed E-state index contributed by atoms with van der Waals surface area (Å²) in [7, 11) is 0. The maximum absolute atomic E-state index is 11.7. The van der Waals surface area contributed by atoms with Crippen molar-refractivity contribution in [1.82, 2.24) is 15.1 Å². The number of aromatic nitrogens is 2. The van der Waals surface area contributed by atoms with Gasteiger partial charge >= 0.3 is 0 Å². The Kier molecular flexibility index (Phi) is 4.49. The molecule has 0 bridgehead atoms. The summed E-state index contributed by atoms with van der Waals surface area (Å²) in [6, 6.07) is 0.333. The molecule has 1 rings (SSSR count). The molecule has 1 aromatic heterocycles. The second-order valence-corrected chi connectivity index (χ2v) is 3.95. The number of Topliss-reactive ketones (excluding diaryl/α,β-unsaturated/α-hetero) is 1. The summed E-state index contributed by atoms with van der Waals surface area (Å²) in [5.74, 6) is 0.103. The zero-order chi connectivity index (χ0) is 11.3. The molecule has 0 saturated heterocycles. The third kappa shape index (κ3) is 3.83. The maximum atomic E-state index is 11.7. The molecule has 0 atom stereocenters. The predicted molar refractivity (Wildman–Crippen MR) is 60.0 cm³/mol. The molecule has 1 aromatic rings. The lowest BCUT2D eigenvalue weighted by molar-refractivity contribution is 0.0988. The molecule has 0 amide bonds. The van der Waals surface area contributed by atoms with Crippen LogP contribution in [0.25, 0.3) is 0 Å². The van der Waals surface area contributed by atoms with Gasteiger partial charge in [0, 0.05) is 18.8 Å². The molecule has 1 heterocycles. The largest absolute Gasteiger partial charge is 0.307 e. The van der Waals surface area contributed by atoms with E-state index in [0.29, 0.717) is 18.2 Å². The highest BCUT2D eigenvalue weighted by molar-refractivity contribution is 5.97. The van der Waals surface area contributed by atoms with Gasteiger partial charge in [0.2, 0.25) is 0 Å². The molecule has 0 spiro atoms. The molecule has 4 heteroatoms. The van der Waals surface area contributed by atoms with Crippen LogP contribution in [0.5, 0.6) is 0 Å². The van der Waals surface area contributed by atoms with Crippen molar-refractivity contribution in [1.29, 1.82) is 0 Å². The van der Waals surface area contributed by atoms with E-state index in [1.165, 1.54) is 0 Å². The van der Waals surface area contributed by atoms with Crippen LogP contribution in [0.2, 0.25) is 0 Å². The number of hydrogen-bond donors (Lipinski definition) is 1. The normalized spacial score (nSPS) is 10.9. The predicted octanol–water partition coefficient (Wildman–Crippen LogP) is 1.47. The summed E-state index contributed by atoms with van der Waals surface area (Å²) in [6.07, 6.45) is 4.48. The van der Waals surface area contributed by atoms with E-state index in [1.807, 2.05) is 24.7 Å². The maximum Gasteiger partial charge on any atom is 0.179 e. The second-order valence-electron chi connectivity index (χ2n) is 3.95. The molecule has 0 saturated carbocycles. The Balaban J connectivity index is 2.50. The average Bonchev–Trinajstić information content (AvgIpc) is 2.63. The van der Waals surface area contributed by atoms with Crippen molar-refractivity contribution >= 4 is 5.78 Å². The van der Waals surface area contributed by atoms with Crippen molar-refractivity contribution in [3.8, 4) is 0 Å². The Labute approximate surface area is 90.7 Å². The number of nitrogens with zero attached hydrogens (tertiary/aromatic N) is 2. The molecule has 0 fully saturated rings. The van der Waals surface area contributed by atoms with Crippen LogP contribution >= 0.6 is 0 Å². The fourth-order valence-corrected chi connectivity index (χ4v) is 1.26. The van der Waals surface area contributed by atoms with E-state index < -0.39 is 0 Å². The van der Waals surface area contributed by atoms with Crippen LogP contribution in [-0.2, 0) is 6.54 Å². The van der Waals surface area contributed by atoms with Gasteiger partial charge in [-0.2, -0.15) is 5.10 Å². The molecular formula is C11H19N3O. The van der Waals surface area contributed by atoms with Gasteiger partial charge in [-0.3, -0.25) is 9.48 Å². The van der Waals surface area contributed by atoms with Crippen molar-refractivity contribution in [3.63, 3.8) is 0 Å². The van der Waals surface area contributed by atoms with E-state index in [4.69, 9.17) is 0 Å². The summed E-state index contributed by atoms with van der Waals surface area (Å²) in [4.78, 5) is 11.7. The molecule has 0 aliphatic carbocycles. The number of carbonyl (C=O) groups excluding carboxylic acids is 1. The minimum Gasteiger partial charge on any atom is -0.307 e. The lowest BCUT2D eigenvalue weighted by Crippen LogP contribution is -2.29. The molecule has 0 radical (unpaired) electrons. The highest BCUT2D eigenvalue weighted by Crippen LogP contribution is 1.99. The topological polar surface area (TPSA) is 46.9 Å². The van der Waals surface area contributed by atoms with Crippen LogP contribution < -0.4 is 5.32 Å². The molecule has 84 valence electrons. The van der Waals surface area contributed by atoms with Gasteiger partial charge in [-0.25, -0.2) is 0 Å². The monoisotopic (exact) mass is 209 g/mol. The lowest BCUT2D eigenvalue weighted by Gasteiger charge is -2.05. The number of ketones is 1. The lowest BCUT2D eigenvalue weighted by atomic mass is 10.2. The Bertz CT molecular complexity index is 317. The number of rotatable bonds is 6. The Morgan fingerprint density at radius 3 is 2.93 bits per heavy atom. The first-order valence-corrected chi connectivity index (χ1v) is 5.42. The average molecular weight is 209 g/mol. The quantitative estimate of drug-likeness (QED) is 0.722. The fourth-order valence-electron chi connectivity index (χ4n) is 1.26. The van der Waals surface area contributed by atoms with Gasteiger partial charge in [-0.05, 0) is 6.42 Å². The molecule has 0 unspecified atom stereocenters. The van der Waals surface area contributed by atoms with E-state index in [2.05, 4.69) is 17.3 Å². The summed E-state index contributed by atoms with van der Waals surface area (Å²) < 4.78 is 1.81. The molecule has 15 heavy (non-hydrogen) atoms. The summed E-state index contributed by atoms with van der Waals surface area (Å²) in [5.41, 5.74) is 0.691. The summed E-state index contributed by atoms with van der Waals surface area (Å²) in [5, 5.41) is 7.22. The Hall–Kier alpha value is -1.16. The van der Waals surface area contributed by atoms with Gasteiger partial charge in [0.15, 0.2) is 5.78 Å². The van der Waals surface area contributed by atoms with E-state index in [0.717, 1.165) is 13.0 Å². The van der Waals surface area contributed by atoms with Gasteiger partial charge in [0.05, 0.1) is 18.3 Å². The van der Waals surface area contributed by atoms with Crippen molar-refractivity contribution < 1.29 is 4.79 Å². The van der Waals surface area contributed by atoms with Gasteiger partial charge in [-0.15, -0.1) is 0 Å². The van der Waals surface area contributed by atoms with Crippen molar-refractivity contribution in [2.75, 3.05) is 6.54 Å². The van der Waals surface area contributed by atoms with Crippen LogP contribution in [-0.4, -0.2) is 28.2 Å². The van der Waals surface area contributed by atoms with E-state index in [1.54, 1.807) is 6.20 Å². The molecular weight excluding hydrogens is 190 g/mol. The number of nitrogens with one attached hydrogen (secondary N) is 1. The van der Waals surface area contributed by atoms with Crippen LogP contribution in [0.3, 0.4) is 0 Å². The Morgan fingerprint density at radius 2 is 2.33 bits per heavy atom. The van der Waals surface area contributed by atoms with Crippen molar-refractivity contribution in [2.24, 2.45) is 0 Å². The first-order valence-electron chi connectivity index (χ1n) is 5.42. The Morgan fingerprint density at radius 1 is 1.60 bits per heavy atom. The highest BCUT2D eigenvalue weighted by atomic mass is 16.1. The van der Waals surface area contributed by atoms with Crippen LogP contribution in [0.4, 0.5) is 0 Å². The molecule has 4 nitrogen and oxygen atoms in total. The first kappa shape index (κ1) is 11.9. The van der Waals surface area contributed by atoms with Crippen molar-refractivity contribution in [3.05, 3.63) is 18.0 Å². The fraction of sp³-hybridized carbons (Fsp3) is 0.636. The summed E-state index contributed by atoms with van der Waals surface area (Å²) in [6.45, 7) is 7.38. The van der Waals surface area contributed by atoms with E-state index in [-0.39, 0.29) is 5.78 Å². The third-order valence-electron chi connectivity index (χ3n) is 2.08. The van der Waals surface area contributed by atoms with Gasteiger partial charge < -0.3 is 5.32 Å². The summed E-state index contributed by atoms with van der Waals surface area (Å²) >= 11 is 0. The van der Waals surface area contributed by atoms with E-state index in [9.17, 15) is 4.79 Å².